The first-order valence-corrected chi connectivity index (χ1v) is 13.2. The minimum absolute atomic E-state index is 0.0811. The summed E-state index contributed by atoms with van der Waals surface area (Å²) in [6, 6.07) is 26.6. The largest absolute Gasteiger partial charge is 0.342 e. The van der Waals surface area contributed by atoms with Crippen LogP contribution in [0.2, 0.25) is 0 Å². The van der Waals surface area contributed by atoms with E-state index in [1.54, 1.807) is 10.9 Å². The highest BCUT2D eigenvalue weighted by atomic mass is 16.1. The van der Waals surface area contributed by atoms with Crippen molar-refractivity contribution in [1.82, 2.24) is 29.0 Å². The number of aromatic nitrogens is 5. The standard InChI is InChI=1S/C31H28N6O/c38-31-27-22-35(20-23-12-14-25(15-13-23)36-19-7-16-32-36)29-11-4-2-9-26(29)30(27)33-37(31)28-10-3-1-8-24(28)21-34-17-5-6-18-34/h1-4,7-16,19,22H,5-6,17-18,20-21H2. The smallest absolute Gasteiger partial charge is 0.282 e. The summed E-state index contributed by atoms with van der Waals surface area (Å²) < 4.78 is 5.61. The first kappa shape index (κ1) is 22.7. The molecular weight excluding hydrogens is 472 g/mol. The van der Waals surface area contributed by atoms with E-state index in [1.165, 1.54) is 12.8 Å². The predicted molar refractivity (Wildman–Crippen MR) is 149 cm³/mol. The molecule has 0 amide bonds. The molecule has 7 nitrogen and oxygen atoms in total. The summed E-state index contributed by atoms with van der Waals surface area (Å²) in [6.45, 7) is 3.69. The van der Waals surface area contributed by atoms with Gasteiger partial charge in [-0.15, -0.1) is 0 Å². The summed E-state index contributed by atoms with van der Waals surface area (Å²) in [6.07, 6.45) is 8.14. The number of para-hydroxylation sites is 2. The number of benzene rings is 3. The van der Waals surface area contributed by atoms with E-state index < -0.39 is 0 Å². The quantitative estimate of drug-likeness (QED) is 0.318. The van der Waals surface area contributed by atoms with E-state index >= 15 is 0 Å². The molecule has 0 bridgehead atoms. The van der Waals surface area contributed by atoms with Crippen molar-refractivity contribution >= 4 is 10.9 Å². The third-order valence-electron chi connectivity index (χ3n) is 7.50. The second-order valence-electron chi connectivity index (χ2n) is 9.98. The molecule has 0 radical (unpaired) electrons. The highest BCUT2D eigenvalue weighted by molar-refractivity contribution is 5.93. The van der Waals surface area contributed by atoms with E-state index in [0.29, 0.717) is 12.1 Å². The van der Waals surface area contributed by atoms with Crippen molar-refractivity contribution in [2.24, 2.45) is 0 Å². The first-order chi connectivity index (χ1) is 18.7. The lowest BCUT2D eigenvalue weighted by atomic mass is 10.1. The maximum Gasteiger partial charge on any atom is 0.282 e. The predicted octanol–water partition coefficient (Wildman–Crippen LogP) is 5.12. The summed E-state index contributed by atoms with van der Waals surface area (Å²) in [4.78, 5) is 16.3. The average Bonchev–Trinajstić information content (AvgIpc) is 3.73. The van der Waals surface area contributed by atoms with Crippen molar-refractivity contribution in [3.8, 4) is 22.6 Å². The third-order valence-corrected chi connectivity index (χ3v) is 7.50. The highest BCUT2D eigenvalue weighted by Gasteiger charge is 2.23. The Kier molecular flexibility index (Phi) is 5.63. The van der Waals surface area contributed by atoms with Crippen LogP contribution in [0.3, 0.4) is 0 Å². The van der Waals surface area contributed by atoms with Crippen LogP contribution in [0.4, 0.5) is 0 Å². The summed E-state index contributed by atoms with van der Waals surface area (Å²) >= 11 is 0. The second kappa shape index (κ2) is 9.43. The van der Waals surface area contributed by atoms with Crippen molar-refractivity contribution in [2.45, 2.75) is 25.9 Å². The van der Waals surface area contributed by atoms with Crippen molar-refractivity contribution in [2.75, 3.05) is 13.1 Å². The molecule has 3 aliphatic heterocycles. The lowest BCUT2D eigenvalue weighted by Crippen LogP contribution is -2.22. The molecule has 4 heterocycles. The third kappa shape index (κ3) is 4.01. The fraction of sp³-hybridized carbons (Fsp3) is 0.194. The maximum absolute atomic E-state index is 13.8. The molecule has 0 N–H and O–H groups in total. The van der Waals surface area contributed by atoms with E-state index in [0.717, 1.165) is 58.7 Å². The zero-order valence-corrected chi connectivity index (χ0v) is 21.1. The van der Waals surface area contributed by atoms with Gasteiger partial charge in [0.1, 0.15) is 5.69 Å². The molecule has 1 fully saturated rings. The first-order valence-electron chi connectivity index (χ1n) is 13.2. The molecule has 3 aliphatic rings. The zero-order chi connectivity index (χ0) is 25.5. The van der Waals surface area contributed by atoms with Crippen LogP contribution in [0.1, 0.15) is 24.0 Å². The number of hydrogen-bond acceptors (Lipinski definition) is 4. The molecule has 0 atom stereocenters. The number of hydrogen-bond donors (Lipinski definition) is 0. The second-order valence-corrected chi connectivity index (χ2v) is 9.98. The molecular formula is C31H28N6O. The summed E-state index contributed by atoms with van der Waals surface area (Å²) in [5.41, 5.74) is 6.50. The van der Waals surface area contributed by atoms with Crippen LogP contribution in [0.5, 0.6) is 0 Å². The van der Waals surface area contributed by atoms with Crippen LogP contribution < -0.4 is 5.56 Å². The van der Waals surface area contributed by atoms with Crippen molar-refractivity contribution in [1.29, 1.82) is 0 Å². The van der Waals surface area contributed by atoms with Gasteiger partial charge < -0.3 is 4.57 Å². The molecule has 0 spiro atoms. The fourth-order valence-corrected chi connectivity index (χ4v) is 5.58. The van der Waals surface area contributed by atoms with Gasteiger partial charge in [-0.3, -0.25) is 9.69 Å². The van der Waals surface area contributed by atoms with Crippen molar-refractivity contribution in [3.63, 3.8) is 0 Å². The number of likely N-dealkylation sites (tertiary alicyclic amines) is 1. The van der Waals surface area contributed by atoms with E-state index in [1.807, 2.05) is 53.5 Å². The van der Waals surface area contributed by atoms with Crippen LogP contribution in [0.15, 0.2) is 102 Å². The Morgan fingerprint density at radius 3 is 2.42 bits per heavy atom. The minimum atomic E-state index is -0.0811. The Balaban J connectivity index is 1.31. The lowest BCUT2D eigenvalue weighted by molar-refractivity contribution is 0.331. The monoisotopic (exact) mass is 500 g/mol. The van der Waals surface area contributed by atoms with Crippen molar-refractivity contribution < 1.29 is 0 Å². The number of rotatable bonds is 6. The molecule has 188 valence electrons. The van der Waals surface area contributed by atoms with Gasteiger partial charge in [-0.25, -0.2) is 4.68 Å². The van der Waals surface area contributed by atoms with Gasteiger partial charge >= 0.3 is 0 Å². The van der Waals surface area contributed by atoms with Gasteiger partial charge in [0, 0.05) is 37.1 Å². The van der Waals surface area contributed by atoms with Crippen LogP contribution >= 0.6 is 0 Å². The minimum Gasteiger partial charge on any atom is -0.342 e. The van der Waals surface area contributed by atoms with Gasteiger partial charge in [0.2, 0.25) is 0 Å². The van der Waals surface area contributed by atoms with E-state index in [-0.39, 0.29) is 5.56 Å². The summed E-state index contributed by atoms with van der Waals surface area (Å²) in [7, 11) is 0. The van der Waals surface area contributed by atoms with Crippen LogP contribution in [-0.2, 0) is 13.1 Å². The molecule has 7 rings (SSSR count). The topological polar surface area (TPSA) is 60.9 Å². The Morgan fingerprint density at radius 1 is 0.816 bits per heavy atom. The van der Waals surface area contributed by atoms with Crippen molar-refractivity contribution in [3.05, 3.63) is 119 Å². The molecule has 4 aromatic rings. The Hall–Kier alpha value is -4.49. The van der Waals surface area contributed by atoms with Crippen LogP contribution in [-0.4, -0.2) is 42.1 Å². The van der Waals surface area contributed by atoms with Gasteiger partial charge in [0.05, 0.1) is 22.5 Å². The Morgan fingerprint density at radius 2 is 1.61 bits per heavy atom. The van der Waals surface area contributed by atoms with E-state index in [9.17, 15) is 4.79 Å². The summed E-state index contributed by atoms with van der Waals surface area (Å²) in [5.74, 6) is 0. The highest BCUT2D eigenvalue weighted by Crippen LogP contribution is 2.29. The van der Waals surface area contributed by atoms with Gasteiger partial charge in [0.15, 0.2) is 0 Å². The molecule has 1 aromatic heterocycles. The Bertz CT molecular complexity index is 1740. The maximum atomic E-state index is 13.8. The molecule has 0 unspecified atom stereocenters. The number of pyridine rings is 1. The van der Waals surface area contributed by atoms with Gasteiger partial charge in [-0.1, -0.05) is 48.5 Å². The molecule has 3 aromatic carbocycles. The SMILES string of the molecule is O=c1c2cn(Cc3ccc(-n4cccn4)cc3)c3ccccc3c-2nn1-c1ccccc1CN1CCCC1. The lowest BCUT2D eigenvalue weighted by Gasteiger charge is -2.17. The van der Waals surface area contributed by atoms with E-state index in [2.05, 4.69) is 57.0 Å². The van der Waals surface area contributed by atoms with Crippen LogP contribution in [0.25, 0.3) is 33.5 Å². The van der Waals surface area contributed by atoms with E-state index in [4.69, 9.17) is 5.10 Å². The number of fused-ring (bicyclic) bond motifs is 3. The van der Waals surface area contributed by atoms with Gasteiger partial charge in [-0.05, 0) is 67.4 Å². The molecule has 1 saturated heterocycles. The number of nitrogens with zero attached hydrogens (tertiary/aromatic N) is 6. The zero-order valence-electron chi connectivity index (χ0n) is 21.1. The van der Waals surface area contributed by atoms with Gasteiger partial charge in [0.25, 0.3) is 5.56 Å². The molecule has 7 heteroatoms. The van der Waals surface area contributed by atoms with Crippen LogP contribution in [0, 0.1) is 0 Å². The fourth-order valence-electron chi connectivity index (χ4n) is 5.58. The average molecular weight is 501 g/mol. The van der Waals surface area contributed by atoms with Gasteiger partial charge in [-0.2, -0.15) is 14.9 Å². The Labute approximate surface area is 220 Å². The molecule has 38 heavy (non-hydrogen) atoms. The molecule has 0 saturated carbocycles. The normalized spacial score (nSPS) is 14.1. The summed E-state index contributed by atoms with van der Waals surface area (Å²) in [5, 5.41) is 10.2. The molecule has 0 aliphatic carbocycles.